The Labute approximate surface area is 121 Å². The fraction of sp³-hybridized carbons (Fsp3) is 0.125. The van der Waals surface area contributed by atoms with Crippen LogP contribution in [0.1, 0.15) is 22.0 Å². The van der Waals surface area contributed by atoms with E-state index in [9.17, 15) is 0 Å². The number of fused-ring (bicyclic) bond motifs is 1. The molecule has 1 atom stereocenters. The first kappa shape index (κ1) is 11.7. The van der Waals surface area contributed by atoms with E-state index in [1.807, 2.05) is 6.20 Å². The Bertz CT molecular complexity index is 627. The van der Waals surface area contributed by atoms with Gasteiger partial charge in [0.05, 0.1) is 6.04 Å². The summed E-state index contributed by atoms with van der Waals surface area (Å²) in [7, 11) is 0. The van der Waals surface area contributed by atoms with Gasteiger partial charge in [-0.1, -0.05) is 30.3 Å². The van der Waals surface area contributed by atoms with Crippen LogP contribution in [0.3, 0.4) is 0 Å². The molecule has 1 aliphatic heterocycles. The summed E-state index contributed by atoms with van der Waals surface area (Å²) in [6.45, 7) is 3.48. The Morgan fingerprint density at radius 3 is 3.00 bits per heavy atom. The molecule has 0 fully saturated rings. The summed E-state index contributed by atoms with van der Waals surface area (Å²) in [5, 5.41) is 2.12. The van der Waals surface area contributed by atoms with Crippen molar-refractivity contribution in [3.05, 3.63) is 76.7 Å². The molecule has 1 N–H and O–H groups in total. The van der Waals surface area contributed by atoms with Crippen LogP contribution in [0.5, 0.6) is 0 Å². The topological polar surface area (TPSA) is 31.9 Å². The Hall–Kier alpha value is -2.07. The second kappa shape index (κ2) is 4.80. The predicted molar refractivity (Wildman–Crippen MR) is 80.6 cm³/mol. The van der Waals surface area contributed by atoms with Crippen molar-refractivity contribution >= 4 is 17.3 Å². The third-order valence-electron chi connectivity index (χ3n) is 3.57. The molecular weight excluding hydrogens is 266 g/mol. The third kappa shape index (κ3) is 1.93. The minimum atomic E-state index is 0.260. The van der Waals surface area contributed by atoms with Gasteiger partial charge in [0.2, 0.25) is 5.95 Å². The summed E-state index contributed by atoms with van der Waals surface area (Å²) in [6, 6.07) is 13.0. The van der Waals surface area contributed by atoms with E-state index in [4.69, 9.17) is 0 Å². The van der Waals surface area contributed by atoms with Crippen LogP contribution in [-0.4, -0.2) is 9.97 Å². The van der Waals surface area contributed by atoms with Crippen molar-refractivity contribution in [3.8, 4) is 0 Å². The van der Waals surface area contributed by atoms with E-state index in [-0.39, 0.29) is 6.04 Å². The Morgan fingerprint density at radius 1 is 1.25 bits per heavy atom. The Kier molecular flexibility index (Phi) is 2.81. The predicted octanol–water partition coefficient (Wildman–Crippen LogP) is 3.66. The number of imidazole rings is 1. The Morgan fingerprint density at radius 2 is 2.20 bits per heavy atom. The maximum absolute atomic E-state index is 4.39. The number of nitrogens with zero attached hydrogens (tertiary/aromatic N) is 2. The lowest BCUT2D eigenvalue weighted by atomic mass is 9.93. The Balaban J connectivity index is 1.79. The number of anilines is 1. The second-order valence-electron chi connectivity index (χ2n) is 4.79. The highest BCUT2D eigenvalue weighted by Gasteiger charge is 2.30. The molecule has 0 aliphatic carbocycles. The van der Waals surface area contributed by atoms with Gasteiger partial charge < -0.3 is 9.88 Å². The molecule has 4 rings (SSSR count). The molecule has 0 amide bonds. The molecule has 1 aromatic carbocycles. The van der Waals surface area contributed by atoms with Crippen LogP contribution in [-0.2, 0) is 6.42 Å². The zero-order valence-corrected chi connectivity index (χ0v) is 11.6. The van der Waals surface area contributed by atoms with Crippen molar-refractivity contribution in [1.82, 2.24) is 9.97 Å². The monoisotopic (exact) mass is 279 g/mol. The van der Waals surface area contributed by atoms with E-state index in [0.717, 1.165) is 17.9 Å². The lowest BCUT2D eigenvalue weighted by Crippen LogP contribution is -2.32. The van der Waals surface area contributed by atoms with Gasteiger partial charge >= 0.3 is 0 Å². The first-order chi connectivity index (χ1) is 9.92. The number of thiophene rings is 1. The van der Waals surface area contributed by atoms with Crippen LogP contribution < -0.4 is 4.90 Å². The number of nitrogens with one attached hydrogen (secondary N) is 1. The maximum Gasteiger partial charge on any atom is 0.204 e. The van der Waals surface area contributed by atoms with E-state index in [0.29, 0.717) is 0 Å². The molecule has 2 aromatic heterocycles. The summed E-state index contributed by atoms with van der Waals surface area (Å²) < 4.78 is 0. The van der Waals surface area contributed by atoms with Crippen LogP contribution in [0.4, 0.5) is 5.95 Å². The average molecular weight is 279 g/mol. The molecule has 1 unspecified atom stereocenters. The summed E-state index contributed by atoms with van der Waals surface area (Å²) in [4.78, 5) is 11.0. The summed E-state index contributed by atoms with van der Waals surface area (Å²) in [5.41, 5.74) is 2.49. The van der Waals surface area contributed by atoms with Gasteiger partial charge in [0.15, 0.2) is 0 Å². The van der Waals surface area contributed by atoms with Crippen molar-refractivity contribution in [2.24, 2.45) is 0 Å². The van der Waals surface area contributed by atoms with E-state index < -0.39 is 0 Å². The normalized spacial score (nSPS) is 18.0. The number of hydrogen-bond acceptors (Lipinski definition) is 3. The van der Waals surface area contributed by atoms with Gasteiger partial charge in [-0.25, -0.2) is 4.98 Å². The fourth-order valence-electron chi connectivity index (χ4n) is 2.61. The SMILES string of the molecule is [C]1c2ccccc2CC(c2cccs2)N1c1ncc[nH]1. The van der Waals surface area contributed by atoms with Crippen LogP contribution >= 0.6 is 11.3 Å². The maximum atomic E-state index is 4.39. The fourth-order valence-corrected chi connectivity index (χ4v) is 3.43. The average Bonchev–Trinajstić information content (AvgIpc) is 3.19. The standard InChI is InChI=1S/C16H13N3S/c1-2-5-13-11-19(16-17-7-8-18-16)14(10-12(13)4-1)15-6-3-9-20-15/h1-9,14H,10H2,(H,17,18). The van der Waals surface area contributed by atoms with Gasteiger partial charge in [0.25, 0.3) is 0 Å². The highest BCUT2D eigenvalue weighted by molar-refractivity contribution is 7.10. The lowest BCUT2D eigenvalue weighted by Gasteiger charge is -2.35. The van der Waals surface area contributed by atoms with E-state index in [1.165, 1.54) is 10.4 Å². The van der Waals surface area contributed by atoms with Crippen LogP contribution in [0, 0.1) is 6.54 Å². The molecule has 0 spiro atoms. The van der Waals surface area contributed by atoms with Gasteiger partial charge in [-0.2, -0.15) is 0 Å². The third-order valence-corrected chi connectivity index (χ3v) is 4.54. The molecule has 98 valence electrons. The highest BCUT2D eigenvalue weighted by Crippen LogP contribution is 2.37. The van der Waals surface area contributed by atoms with Gasteiger partial charge in [-0.15, -0.1) is 11.3 Å². The van der Waals surface area contributed by atoms with Gasteiger partial charge in [-0.3, -0.25) is 0 Å². The van der Waals surface area contributed by atoms with Crippen molar-refractivity contribution in [3.63, 3.8) is 0 Å². The van der Waals surface area contributed by atoms with E-state index >= 15 is 0 Å². The molecule has 1 aliphatic rings. The first-order valence-electron chi connectivity index (χ1n) is 6.58. The number of hydrogen-bond donors (Lipinski definition) is 1. The molecule has 3 nitrogen and oxygen atoms in total. The molecule has 20 heavy (non-hydrogen) atoms. The highest BCUT2D eigenvalue weighted by atomic mass is 32.1. The largest absolute Gasteiger partial charge is 0.331 e. The first-order valence-corrected chi connectivity index (χ1v) is 7.46. The molecule has 0 saturated heterocycles. The summed E-state index contributed by atoms with van der Waals surface area (Å²) >= 11 is 1.78. The number of aromatic nitrogens is 2. The minimum Gasteiger partial charge on any atom is -0.331 e. The van der Waals surface area contributed by atoms with E-state index in [2.05, 4.69) is 63.2 Å². The molecule has 4 heteroatoms. The number of rotatable bonds is 2. The molecular formula is C16H13N3S. The lowest BCUT2D eigenvalue weighted by molar-refractivity contribution is 0.641. The van der Waals surface area contributed by atoms with Gasteiger partial charge in [-0.05, 0) is 29.0 Å². The van der Waals surface area contributed by atoms with Crippen LogP contribution in [0.25, 0.3) is 0 Å². The van der Waals surface area contributed by atoms with Gasteiger partial charge in [0, 0.05) is 17.3 Å². The number of aromatic amines is 1. The van der Waals surface area contributed by atoms with E-state index in [1.54, 1.807) is 17.5 Å². The zero-order valence-electron chi connectivity index (χ0n) is 10.8. The molecule has 3 aromatic rings. The van der Waals surface area contributed by atoms with Gasteiger partial charge in [0.1, 0.15) is 6.54 Å². The van der Waals surface area contributed by atoms with Crippen LogP contribution in [0.2, 0.25) is 0 Å². The van der Waals surface area contributed by atoms with Crippen molar-refractivity contribution in [2.75, 3.05) is 4.90 Å². The molecule has 3 heterocycles. The zero-order chi connectivity index (χ0) is 13.4. The number of H-pyrrole nitrogens is 1. The molecule has 0 bridgehead atoms. The summed E-state index contributed by atoms with van der Waals surface area (Å²) in [6.07, 6.45) is 4.61. The van der Waals surface area contributed by atoms with Crippen molar-refractivity contribution < 1.29 is 0 Å². The molecule has 2 radical (unpaired) electrons. The molecule has 0 saturated carbocycles. The van der Waals surface area contributed by atoms with Crippen molar-refractivity contribution in [1.29, 1.82) is 0 Å². The summed E-state index contributed by atoms with van der Waals surface area (Å²) in [5.74, 6) is 0.845. The number of benzene rings is 1. The second-order valence-corrected chi connectivity index (χ2v) is 5.77. The quantitative estimate of drug-likeness (QED) is 0.776. The smallest absolute Gasteiger partial charge is 0.204 e. The van der Waals surface area contributed by atoms with Crippen molar-refractivity contribution in [2.45, 2.75) is 12.5 Å². The van der Waals surface area contributed by atoms with Crippen LogP contribution in [0.15, 0.2) is 54.2 Å². The minimum absolute atomic E-state index is 0.260.